The molecule has 2 aliphatic rings. The van der Waals surface area contributed by atoms with Crippen molar-refractivity contribution in [3.63, 3.8) is 0 Å². The van der Waals surface area contributed by atoms with Crippen LogP contribution in [0.5, 0.6) is 0 Å². The van der Waals surface area contributed by atoms with Crippen LogP contribution in [0.15, 0.2) is 4.99 Å². The minimum atomic E-state index is 0. The first-order valence-electron chi connectivity index (χ1n) is 10.2. The number of rotatable bonds is 10. The number of carbonyl (C=O) groups is 1. The van der Waals surface area contributed by atoms with Crippen LogP contribution in [0.2, 0.25) is 0 Å². The molecule has 2 fully saturated rings. The first kappa shape index (κ1) is 24.4. The lowest BCUT2D eigenvalue weighted by atomic mass is 10.2. The molecule has 7 nitrogen and oxygen atoms in total. The van der Waals surface area contributed by atoms with E-state index in [2.05, 4.69) is 46.6 Å². The lowest BCUT2D eigenvalue weighted by Crippen LogP contribution is -2.46. The summed E-state index contributed by atoms with van der Waals surface area (Å²) < 4.78 is 5.86. The molecule has 1 aliphatic heterocycles. The highest BCUT2D eigenvalue weighted by atomic mass is 127. The van der Waals surface area contributed by atoms with E-state index >= 15 is 0 Å². The van der Waals surface area contributed by atoms with Crippen molar-refractivity contribution in [2.45, 2.75) is 58.6 Å². The fourth-order valence-electron chi connectivity index (χ4n) is 3.09. The van der Waals surface area contributed by atoms with E-state index in [4.69, 9.17) is 4.74 Å². The molecule has 2 rings (SSSR count). The normalized spacial score (nSPS) is 20.9. The molecule has 1 unspecified atom stereocenters. The zero-order valence-corrected chi connectivity index (χ0v) is 19.5. The van der Waals surface area contributed by atoms with Crippen LogP contribution in [-0.2, 0) is 9.53 Å². The Hall–Kier alpha value is -0.610. The molecule has 0 radical (unpaired) electrons. The number of ether oxygens (including phenoxy) is 1. The second kappa shape index (κ2) is 13.5. The number of amides is 1. The Balaban J connectivity index is 0.00000364. The number of nitrogens with zero attached hydrogens (tertiary/aromatic N) is 2. The van der Waals surface area contributed by atoms with Crippen molar-refractivity contribution >= 4 is 35.8 Å². The Morgan fingerprint density at radius 1 is 1.30 bits per heavy atom. The van der Waals surface area contributed by atoms with Gasteiger partial charge in [-0.15, -0.1) is 24.0 Å². The minimum absolute atomic E-state index is 0. The van der Waals surface area contributed by atoms with E-state index < -0.39 is 0 Å². The first-order chi connectivity index (χ1) is 12.6. The summed E-state index contributed by atoms with van der Waals surface area (Å²) in [5, 5.41) is 9.60. The van der Waals surface area contributed by atoms with Crippen LogP contribution >= 0.6 is 24.0 Å². The quantitative estimate of drug-likeness (QED) is 0.186. The number of carbonyl (C=O) groups excluding carboxylic acids is 1. The summed E-state index contributed by atoms with van der Waals surface area (Å²) >= 11 is 0. The molecule has 1 saturated heterocycles. The molecule has 27 heavy (non-hydrogen) atoms. The molecular weight excluding hydrogens is 457 g/mol. The minimum Gasteiger partial charge on any atom is -0.374 e. The molecule has 158 valence electrons. The van der Waals surface area contributed by atoms with Gasteiger partial charge in [-0.05, 0) is 32.1 Å². The second-order valence-corrected chi connectivity index (χ2v) is 7.74. The molecule has 1 saturated carbocycles. The average molecular weight is 495 g/mol. The van der Waals surface area contributed by atoms with E-state index in [-0.39, 0.29) is 36.0 Å². The largest absolute Gasteiger partial charge is 0.374 e. The van der Waals surface area contributed by atoms with Crippen LogP contribution in [0.25, 0.3) is 0 Å². The van der Waals surface area contributed by atoms with Gasteiger partial charge in [0.05, 0.1) is 19.3 Å². The van der Waals surface area contributed by atoms with Crippen LogP contribution in [0.4, 0.5) is 0 Å². The Bertz CT molecular complexity index is 457. The van der Waals surface area contributed by atoms with E-state index in [1.54, 1.807) is 0 Å². The lowest BCUT2D eigenvalue weighted by Gasteiger charge is -2.33. The maximum Gasteiger partial charge on any atom is 0.220 e. The molecule has 0 aromatic heterocycles. The molecule has 0 bridgehead atoms. The van der Waals surface area contributed by atoms with Gasteiger partial charge in [0.1, 0.15) is 0 Å². The molecule has 0 spiro atoms. The zero-order valence-electron chi connectivity index (χ0n) is 17.1. The maximum atomic E-state index is 11.7. The summed E-state index contributed by atoms with van der Waals surface area (Å²) in [6, 6.07) is 0.445. The van der Waals surface area contributed by atoms with Crippen molar-refractivity contribution in [3.05, 3.63) is 0 Å². The molecular formula is C19H38IN5O2. The van der Waals surface area contributed by atoms with Crippen LogP contribution in [0.3, 0.4) is 0 Å². The predicted molar refractivity (Wildman–Crippen MR) is 121 cm³/mol. The number of nitrogens with one attached hydrogen (secondary N) is 3. The van der Waals surface area contributed by atoms with Crippen molar-refractivity contribution in [1.82, 2.24) is 20.9 Å². The molecule has 0 aromatic rings. The van der Waals surface area contributed by atoms with Gasteiger partial charge in [-0.2, -0.15) is 0 Å². The monoisotopic (exact) mass is 495 g/mol. The zero-order chi connectivity index (χ0) is 18.8. The van der Waals surface area contributed by atoms with Gasteiger partial charge in [0, 0.05) is 45.2 Å². The SMILES string of the molecule is CCNC(=NCC1CN(CC(C)C)CCO1)NCCCC(=O)NC1CC1.I. The summed E-state index contributed by atoms with van der Waals surface area (Å²) in [7, 11) is 0. The summed E-state index contributed by atoms with van der Waals surface area (Å²) in [6.07, 6.45) is 3.81. The highest BCUT2D eigenvalue weighted by Crippen LogP contribution is 2.18. The third kappa shape index (κ3) is 11.1. The second-order valence-electron chi connectivity index (χ2n) is 7.74. The Morgan fingerprint density at radius 3 is 2.74 bits per heavy atom. The van der Waals surface area contributed by atoms with Gasteiger partial charge in [-0.1, -0.05) is 13.8 Å². The maximum absolute atomic E-state index is 11.7. The van der Waals surface area contributed by atoms with Crippen molar-refractivity contribution in [3.8, 4) is 0 Å². The van der Waals surface area contributed by atoms with Crippen LogP contribution < -0.4 is 16.0 Å². The number of guanidine groups is 1. The van der Waals surface area contributed by atoms with E-state index in [0.717, 1.165) is 64.6 Å². The van der Waals surface area contributed by atoms with Gasteiger partial charge in [-0.3, -0.25) is 14.7 Å². The first-order valence-corrected chi connectivity index (χ1v) is 10.2. The van der Waals surface area contributed by atoms with Crippen molar-refractivity contribution in [2.75, 3.05) is 45.9 Å². The van der Waals surface area contributed by atoms with Gasteiger partial charge >= 0.3 is 0 Å². The summed E-state index contributed by atoms with van der Waals surface area (Å²) in [6.45, 7) is 12.6. The topological polar surface area (TPSA) is 78.0 Å². The summed E-state index contributed by atoms with van der Waals surface area (Å²) in [4.78, 5) is 18.8. The van der Waals surface area contributed by atoms with Gasteiger partial charge in [-0.25, -0.2) is 0 Å². The fourth-order valence-corrected chi connectivity index (χ4v) is 3.09. The standard InChI is InChI=1S/C19H37N5O2.HI/c1-4-20-19(21-9-5-6-18(25)23-16-7-8-16)22-12-17-14-24(10-11-26-17)13-15(2)3;/h15-17H,4-14H2,1-3H3,(H,23,25)(H2,20,21,22);1H. The number of morpholine rings is 1. The smallest absolute Gasteiger partial charge is 0.220 e. The predicted octanol–water partition coefficient (Wildman–Crippen LogP) is 1.58. The molecule has 1 amide bonds. The summed E-state index contributed by atoms with van der Waals surface area (Å²) in [5.41, 5.74) is 0. The number of aliphatic imine (C=N–C) groups is 1. The van der Waals surface area contributed by atoms with Crippen molar-refractivity contribution < 1.29 is 9.53 Å². The molecule has 8 heteroatoms. The molecule has 1 atom stereocenters. The van der Waals surface area contributed by atoms with Crippen LogP contribution in [0.1, 0.15) is 46.5 Å². The van der Waals surface area contributed by atoms with E-state index in [9.17, 15) is 4.79 Å². The van der Waals surface area contributed by atoms with Gasteiger partial charge in [0.15, 0.2) is 5.96 Å². The molecule has 3 N–H and O–H groups in total. The average Bonchev–Trinajstić information content (AvgIpc) is 3.40. The number of hydrogen-bond acceptors (Lipinski definition) is 4. The lowest BCUT2D eigenvalue weighted by molar-refractivity contribution is -0.121. The Morgan fingerprint density at radius 2 is 2.07 bits per heavy atom. The fraction of sp³-hybridized carbons (Fsp3) is 0.895. The van der Waals surface area contributed by atoms with Crippen molar-refractivity contribution in [1.29, 1.82) is 0 Å². The van der Waals surface area contributed by atoms with E-state index in [0.29, 0.717) is 24.9 Å². The van der Waals surface area contributed by atoms with E-state index in [1.807, 2.05) is 0 Å². The third-order valence-corrected chi connectivity index (χ3v) is 4.46. The van der Waals surface area contributed by atoms with Gasteiger partial charge < -0.3 is 20.7 Å². The highest BCUT2D eigenvalue weighted by molar-refractivity contribution is 14.0. The van der Waals surface area contributed by atoms with Crippen molar-refractivity contribution in [2.24, 2.45) is 10.9 Å². The van der Waals surface area contributed by atoms with Crippen LogP contribution in [0, 0.1) is 5.92 Å². The molecule has 0 aromatic carbocycles. The van der Waals surface area contributed by atoms with Gasteiger partial charge in [0.2, 0.25) is 5.91 Å². The highest BCUT2D eigenvalue weighted by Gasteiger charge is 2.23. The Labute approximate surface area is 181 Å². The van der Waals surface area contributed by atoms with Gasteiger partial charge in [0.25, 0.3) is 0 Å². The summed E-state index contributed by atoms with van der Waals surface area (Å²) in [5.74, 6) is 1.64. The Kier molecular flexibility index (Phi) is 12.3. The number of halogens is 1. The van der Waals surface area contributed by atoms with E-state index in [1.165, 1.54) is 0 Å². The molecule has 1 heterocycles. The third-order valence-electron chi connectivity index (χ3n) is 4.46. The van der Waals surface area contributed by atoms with Crippen LogP contribution in [-0.4, -0.2) is 74.8 Å². The number of hydrogen-bond donors (Lipinski definition) is 3. The molecule has 1 aliphatic carbocycles.